The van der Waals surface area contributed by atoms with Crippen LogP contribution in [0.2, 0.25) is 0 Å². The Bertz CT molecular complexity index is 604. The van der Waals surface area contributed by atoms with Crippen LogP contribution in [-0.4, -0.2) is 29.8 Å². The molecule has 1 aromatic rings. The lowest BCUT2D eigenvalue weighted by Gasteiger charge is -2.21. The Labute approximate surface area is 133 Å². The number of carbonyl (C=O) groups excluding carboxylic acids is 3. The van der Waals surface area contributed by atoms with Gasteiger partial charge in [0.25, 0.3) is 0 Å². The summed E-state index contributed by atoms with van der Waals surface area (Å²) < 4.78 is 13.7. The van der Waals surface area contributed by atoms with Crippen LogP contribution in [0.25, 0.3) is 0 Å². The van der Waals surface area contributed by atoms with Crippen molar-refractivity contribution in [3.8, 4) is 0 Å². The standard InChI is InChI=1S/C16H20FN3O3/c1-3-6-13(15(18)22)20-16(23)14(19-10(2)21)9-11-7-4-5-8-12(11)17/h3-5,7-8,13-14H,1,6,9H2,2H3,(H2,18,22)(H,19,21)(H,20,23)/t13-,14+/m1/s1. The molecule has 0 spiro atoms. The van der Waals surface area contributed by atoms with E-state index in [1.165, 1.54) is 31.2 Å². The maximum atomic E-state index is 13.7. The van der Waals surface area contributed by atoms with Gasteiger partial charge in [0.15, 0.2) is 0 Å². The first kappa shape index (κ1) is 18.3. The average molecular weight is 321 g/mol. The van der Waals surface area contributed by atoms with Gasteiger partial charge in [-0.3, -0.25) is 14.4 Å². The summed E-state index contributed by atoms with van der Waals surface area (Å²) in [5.41, 5.74) is 5.48. The molecule has 0 aliphatic heterocycles. The second-order valence-electron chi connectivity index (χ2n) is 5.04. The molecule has 6 nitrogen and oxygen atoms in total. The van der Waals surface area contributed by atoms with E-state index >= 15 is 0 Å². The SMILES string of the molecule is C=CC[C@@H](NC(=O)[C@H](Cc1ccccc1F)NC(C)=O)C(N)=O. The molecule has 3 amide bonds. The van der Waals surface area contributed by atoms with Crippen molar-refractivity contribution in [3.63, 3.8) is 0 Å². The summed E-state index contributed by atoms with van der Waals surface area (Å²) in [5.74, 6) is -2.26. The van der Waals surface area contributed by atoms with Gasteiger partial charge >= 0.3 is 0 Å². The maximum Gasteiger partial charge on any atom is 0.243 e. The van der Waals surface area contributed by atoms with Crippen LogP contribution in [0.3, 0.4) is 0 Å². The molecule has 7 heteroatoms. The van der Waals surface area contributed by atoms with E-state index in [2.05, 4.69) is 17.2 Å². The number of nitrogens with one attached hydrogen (secondary N) is 2. The molecule has 0 aliphatic carbocycles. The molecule has 1 aromatic carbocycles. The molecule has 1 rings (SSSR count). The van der Waals surface area contributed by atoms with Crippen molar-refractivity contribution in [2.45, 2.75) is 31.8 Å². The van der Waals surface area contributed by atoms with E-state index in [9.17, 15) is 18.8 Å². The molecule has 0 saturated heterocycles. The smallest absolute Gasteiger partial charge is 0.243 e. The molecule has 0 radical (unpaired) electrons. The zero-order chi connectivity index (χ0) is 17.4. The fourth-order valence-electron chi connectivity index (χ4n) is 2.02. The number of hydrogen-bond donors (Lipinski definition) is 3. The first-order chi connectivity index (χ1) is 10.8. The summed E-state index contributed by atoms with van der Waals surface area (Å²) in [6.45, 7) is 4.73. The number of benzene rings is 1. The molecule has 0 fully saturated rings. The van der Waals surface area contributed by atoms with Crippen molar-refractivity contribution in [1.29, 1.82) is 0 Å². The summed E-state index contributed by atoms with van der Waals surface area (Å²) in [6, 6.07) is 3.99. The van der Waals surface area contributed by atoms with Gasteiger partial charge in [-0.2, -0.15) is 0 Å². The largest absolute Gasteiger partial charge is 0.368 e. The number of halogens is 1. The summed E-state index contributed by atoms with van der Waals surface area (Å²) in [6.07, 6.45) is 1.56. The van der Waals surface area contributed by atoms with Crippen LogP contribution in [0.1, 0.15) is 18.9 Å². The van der Waals surface area contributed by atoms with Crippen LogP contribution in [-0.2, 0) is 20.8 Å². The monoisotopic (exact) mass is 321 g/mol. The third-order valence-electron chi connectivity index (χ3n) is 3.14. The zero-order valence-corrected chi connectivity index (χ0v) is 12.8. The lowest BCUT2D eigenvalue weighted by molar-refractivity contribution is -0.130. The summed E-state index contributed by atoms with van der Waals surface area (Å²) in [4.78, 5) is 34.9. The van der Waals surface area contributed by atoms with Crippen LogP contribution in [0.4, 0.5) is 4.39 Å². The van der Waals surface area contributed by atoms with Gasteiger partial charge in [-0.05, 0) is 18.1 Å². The highest BCUT2D eigenvalue weighted by Crippen LogP contribution is 2.10. The molecule has 124 valence electrons. The van der Waals surface area contributed by atoms with Crippen molar-refractivity contribution in [2.75, 3.05) is 0 Å². The minimum Gasteiger partial charge on any atom is -0.368 e. The molecule has 0 unspecified atom stereocenters. The van der Waals surface area contributed by atoms with E-state index in [1.807, 2.05) is 0 Å². The molecule has 0 saturated carbocycles. The van der Waals surface area contributed by atoms with Crippen LogP contribution in [0.5, 0.6) is 0 Å². The van der Waals surface area contributed by atoms with E-state index in [0.29, 0.717) is 0 Å². The molecule has 4 N–H and O–H groups in total. The second kappa shape index (κ2) is 8.67. The Morgan fingerprint density at radius 1 is 1.26 bits per heavy atom. The first-order valence-corrected chi connectivity index (χ1v) is 7.06. The van der Waals surface area contributed by atoms with Crippen molar-refractivity contribution in [1.82, 2.24) is 10.6 Å². The van der Waals surface area contributed by atoms with Gasteiger partial charge in [-0.1, -0.05) is 24.3 Å². The number of primary amides is 1. The number of carbonyl (C=O) groups is 3. The number of rotatable bonds is 8. The molecule has 0 aliphatic rings. The van der Waals surface area contributed by atoms with E-state index in [1.54, 1.807) is 6.07 Å². The average Bonchev–Trinajstić information content (AvgIpc) is 2.47. The van der Waals surface area contributed by atoms with Gasteiger partial charge < -0.3 is 16.4 Å². The Morgan fingerprint density at radius 2 is 1.91 bits per heavy atom. The third kappa shape index (κ3) is 5.90. The highest BCUT2D eigenvalue weighted by atomic mass is 19.1. The Morgan fingerprint density at radius 3 is 2.43 bits per heavy atom. The van der Waals surface area contributed by atoms with Gasteiger partial charge in [0, 0.05) is 13.3 Å². The van der Waals surface area contributed by atoms with Crippen LogP contribution in [0.15, 0.2) is 36.9 Å². The highest BCUT2D eigenvalue weighted by molar-refractivity contribution is 5.91. The summed E-state index contributed by atoms with van der Waals surface area (Å²) in [7, 11) is 0. The molecule has 2 atom stereocenters. The molecular formula is C16H20FN3O3. The van der Waals surface area contributed by atoms with Gasteiger partial charge in [-0.25, -0.2) is 4.39 Å². The van der Waals surface area contributed by atoms with Crippen molar-refractivity contribution in [3.05, 3.63) is 48.3 Å². The van der Waals surface area contributed by atoms with Gasteiger partial charge in [0.2, 0.25) is 17.7 Å². The molecule has 0 bridgehead atoms. The van der Waals surface area contributed by atoms with Crippen LogP contribution >= 0.6 is 0 Å². The van der Waals surface area contributed by atoms with E-state index in [4.69, 9.17) is 5.73 Å². The fraction of sp³-hybridized carbons (Fsp3) is 0.312. The Hall–Kier alpha value is -2.70. The van der Waals surface area contributed by atoms with Crippen LogP contribution in [0, 0.1) is 5.82 Å². The van der Waals surface area contributed by atoms with E-state index < -0.39 is 35.6 Å². The van der Waals surface area contributed by atoms with Crippen molar-refractivity contribution < 1.29 is 18.8 Å². The normalized spacial score (nSPS) is 12.8. The molecular weight excluding hydrogens is 301 g/mol. The summed E-state index contributed by atoms with van der Waals surface area (Å²) in [5, 5.41) is 4.89. The maximum absolute atomic E-state index is 13.7. The predicted octanol–water partition coefficient (Wildman–Crippen LogP) is 0.419. The Kier molecular flexibility index (Phi) is 6.92. The lowest BCUT2D eigenvalue weighted by atomic mass is 10.0. The molecule has 0 aromatic heterocycles. The van der Waals surface area contributed by atoms with Crippen LogP contribution < -0.4 is 16.4 Å². The van der Waals surface area contributed by atoms with Gasteiger partial charge in [0.05, 0.1) is 0 Å². The quantitative estimate of drug-likeness (QED) is 0.605. The van der Waals surface area contributed by atoms with Gasteiger partial charge in [0.1, 0.15) is 17.9 Å². The van der Waals surface area contributed by atoms with E-state index in [0.717, 1.165) is 0 Å². The van der Waals surface area contributed by atoms with Crippen molar-refractivity contribution in [2.24, 2.45) is 5.73 Å². The van der Waals surface area contributed by atoms with Gasteiger partial charge in [-0.15, -0.1) is 6.58 Å². The minimum absolute atomic E-state index is 0.0440. The zero-order valence-electron chi connectivity index (χ0n) is 12.8. The first-order valence-electron chi connectivity index (χ1n) is 7.06. The fourth-order valence-corrected chi connectivity index (χ4v) is 2.02. The molecule has 23 heavy (non-hydrogen) atoms. The van der Waals surface area contributed by atoms with E-state index in [-0.39, 0.29) is 18.4 Å². The predicted molar refractivity (Wildman–Crippen MR) is 83.6 cm³/mol. The topological polar surface area (TPSA) is 101 Å². The number of nitrogens with two attached hydrogens (primary N) is 1. The highest BCUT2D eigenvalue weighted by Gasteiger charge is 2.25. The Balaban J connectivity index is 2.90. The van der Waals surface area contributed by atoms with Crippen molar-refractivity contribution >= 4 is 17.7 Å². The second-order valence-corrected chi connectivity index (χ2v) is 5.04. The number of amides is 3. The molecule has 0 heterocycles. The number of hydrogen-bond acceptors (Lipinski definition) is 3. The lowest BCUT2D eigenvalue weighted by Crippen LogP contribution is -2.53. The third-order valence-corrected chi connectivity index (χ3v) is 3.14. The minimum atomic E-state index is -1.02. The summed E-state index contributed by atoms with van der Waals surface area (Å²) >= 11 is 0.